The maximum absolute atomic E-state index is 12.2. The number of methoxy groups -OCH3 is 1. The minimum Gasteiger partial charge on any atom is -0.469 e. The van der Waals surface area contributed by atoms with E-state index in [1.165, 1.54) is 7.11 Å². The van der Waals surface area contributed by atoms with E-state index in [2.05, 4.69) is 4.74 Å². The lowest BCUT2D eigenvalue weighted by atomic mass is 10.0. The first kappa shape index (κ1) is 21.9. The van der Waals surface area contributed by atoms with Crippen molar-refractivity contribution >= 4 is 17.7 Å². The summed E-state index contributed by atoms with van der Waals surface area (Å²) in [7, 11) is 1.39. The van der Waals surface area contributed by atoms with E-state index >= 15 is 0 Å². The summed E-state index contributed by atoms with van der Waals surface area (Å²) in [5.41, 5.74) is 1.85. The van der Waals surface area contributed by atoms with Crippen LogP contribution in [0.15, 0.2) is 24.3 Å². The fourth-order valence-corrected chi connectivity index (χ4v) is 2.68. The van der Waals surface area contributed by atoms with Crippen LogP contribution in [0.2, 0.25) is 0 Å². The zero-order valence-corrected chi connectivity index (χ0v) is 15.9. The Kier molecular flexibility index (Phi) is 11.0. The number of carbonyl (C=O) groups is 3. The number of unbranched alkanes of at least 4 members (excludes halogenated alkanes) is 3. The van der Waals surface area contributed by atoms with Crippen molar-refractivity contribution in [3.63, 3.8) is 0 Å². The van der Waals surface area contributed by atoms with Crippen molar-refractivity contribution in [3.05, 3.63) is 35.4 Å². The molecule has 0 heterocycles. The van der Waals surface area contributed by atoms with E-state index in [4.69, 9.17) is 4.74 Å². The standard InChI is InChI=1S/C21H30O5/c1-3-26-21(24)11-7-5-4-6-10-19(22)18-15-13-17(14-16-18)9-8-12-20(23)25-2/h13-16H,3-12H2,1-2H3. The van der Waals surface area contributed by atoms with Crippen LogP contribution < -0.4 is 0 Å². The molecule has 0 saturated heterocycles. The molecule has 0 aliphatic rings. The molecule has 0 fully saturated rings. The monoisotopic (exact) mass is 362 g/mol. The van der Waals surface area contributed by atoms with E-state index in [0.29, 0.717) is 25.9 Å². The molecule has 0 radical (unpaired) electrons. The minimum atomic E-state index is -0.195. The van der Waals surface area contributed by atoms with Gasteiger partial charge in [0, 0.05) is 24.8 Å². The van der Waals surface area contributed by atoms with Crippen LogP contribution in [0.5, 0.6) is 0 Å². The molecule has 0 N–H and O–H groups in total. The zero-order chi connectivity index (χ0) is 19.2. The van der Waals surface area contributed by atoms with E-state index in [-0.39, 0.29) is 17.7 Å². The topological polar surface area (TPSA) is 69.7 Å². The summed E-state index contributed by atoms with van der Waals surface area (Å²) < 4.78 is 9.50. The van der Waals surface area contributed by atoms with Gasteiger partial charge in [0.15, 0.2) is 5.78 Å². The first-order chi connectivity index (χ1) is 12.6. The Morgan fingerprint density at radius 2 is 1.42 bits per heavy atom. The molecule has 26 heavy (non-hydrogen) atoms. The van der Waals surface area contributed by atoms with Crippen LogP contribution >= 0.6 is 0 Å². The van der Waals surface area contributed by atoms with Crippen molar-refractivity contribution in [3.8, 4) is 0 Å². The molecule has 0 amide bonds. The van der Waals surface area contributed by atoms with E-state index in [0.717, 1.165) is 49.7 Å². The van der Waals surface area contributed by atoms with Crippen LogP contribution in [0.3, 0.4) is 0 Å². The van der Waals surface area contributed by atoms with Gasteiger partial charge in [-0.05, 0) is 38.2 Å². The molecule has 1 aromatic rings. The lowest BCUT2D eigenvalue weighted by Crippen LogP contribution is -2.03. The van der Waals surface area contributed by atoms with Gasteiger partial charge in [-0.25, -0.2) is 0 Å². The number of Topliss-reactive ketones (excluding diaryl/α,β-unsaturated/α-hetero) is 1. The van der Waals surface area contributed by atoms with Gasteiger partial charge in [0.1, 0.15) is 0 Å². The third kappa shape index (κ3) is 9.35. The smallest absolute Gasteiger partial charge is 0.305 e. The number of ether oxygens (including phenoxy) is 2. The Morgan fingerprint density at radius 1 is 0.808 bits per heavy atom. The van der Waals surface area contributed by atoms with Crippen LogP contribution in [0.4, 0.5) is 0 Å². The van der Waals surface area contributed by atoms with Crippen molar-refractivity contribution < 1.29 is 23.9 Å². The Morgan fingerprint density at radius 3 is 2.04 bits per heavy atom. The van der Waals surface area contributed by atoms with Gasteiger partial charge in [-0.3, -0.25) is 14.4 Å². The third-order valence-electron chi connectivity index (χ3n) is 4.19. The molecule has 5 nitrogen and oxygen atoms in total. The SMILES string of the molecule is CCOC(=O)CCCCCCC(=O)c1ccc(CCCC(=O)OC)cc1. The van der Waals surface area contributed by atoms with E-state index < -0.39 is 0 Å². The van der Waals surface area contributed by atoms with Crippen molar-refractivity contribution in [1.82, 2.24) is 0 Å². The largest absolute Gasteiger partial charge is 0.469 e. The second-order valence-corrected chi connectivity index (χ2v) is 6.27. The van der Waals surface area contributed by atoms with Crippen LogP contribution in [0, 0.1) is 0 Å². The Labute approximate surface area is 156 Å². The highest BCUT2D eigenvalue weighted by atomic mass is 16.5. The summed E-state index contributed by atoms with van der Waals surface area (Å²) in [5.74, 6) is -0.189. The van der Waals surface area contributed by atoms with Crippen molar-refractivity contribution in [2.24, 2.45) is 0 Å². The summed E-state index contributed by atoms with van der Waals surface area (Å²) in [6.07, 6.45) is 6.46. The minimum absolute atomic E-state index is 0.143. The Hall–Kier alpha value is -2.17. The average molecular weight is 362 g/mol. The number of ketones is 1. The number of hydrogen-bond donors (Lipinski definition) is 0. The van der Waals surface area contributed by atoms with Gasteiger partial charge < -0.3 is 9.47 Å². The van der Waals surface area contributed by atoms with Crippen molar-refractivity contribution in [1.29, 1.82) is 0 Å². The molecule has 1 rings (SSSR count). The molecular formula is C21H30O5. The van der Waals surface area contributed by atoms with Gasteiger partial charge >= 0.3 is 11.9 Å². The zero-order valence-electron chi connectivity index (χ0n) is 15.9. The number of rotatable bonds is 13. The Balaban J connectivity index is 2.20. The van der Waals surface area contributed by atoms with E-state index in [1.54, 1.807) is 6.92 Å². The molecular weight excluding hydrogens is 332 g/mol. The maximum Gasteiger partial charge on any atom is 0.305 e. The van der Waals surface area contributed by atoms with E-state index in [1.807, 2.05) is 24.3 Å². The van der Waals surface area contributed by atoms with Gasteiger partial charge in [0.05, 0.1) is 13.7 Å². The van der Waals surface area contributed by atoms with Crippen LogP contribution in [0.1, 0.15) is 74.2 Å². The van der Waals surface area contributed by atoms with Crippen LogP contribution in [-0.2, 0) is 25.5 Å². The second kappa shape index (κ2) is 13.1. The molecule has 0 aliphatic heterocycles. The van der Waals surface area contributed by atoms with Gasteiger partial charge in [-0.15, -0.1) is 0 Å². The number of benzene rings is 1. The second-order valence-electron chi connectivity index (χ2n) is 6.27. The number of carbonyl (C=O) groups excluding carboxylic acids is 3. The summed E-state index contributed by atoms with van der Waals surface area (Å²) in [5, 5.41) is 0. The van der Waals surface area contributed by atoms with Crippen LogP contribution in [0.25, 0.3) is 0 Å². The van der Waals surface area contributed by atoms with E-state index in [9.17, 15) is 14.4 Å². The lowest BCUT2D eigenvalue weighted by Gasteiger charge is -2.05. The predicted molar refractivity (Wildman–Crippen MR) is 100 cm³/mol. The van der Waals surface area contributed by atoms with Gasteiger partial charge in [0.2, 0.25) is 0 Å². The molecule has 0 unspecified atom stereocenters. The van der Waals surface area contributed by atoms with Gasteiger partial charge in [-0.2, -0.15) is 0 Å². The highest BCUT2D eigenvalue weighted by molar-refractivity contribution is 5.96. The maximum atomic E-state index is 12.2. The predicted octanol–water partition coefficient (Wildman–Crippen LogP) is 4.27. The fraction of sp³-hybridized carbons (Fsp3) is 0.571. The molecule has 1 aromatic carbocycles. The molecule has 0 spiro atoms. The number of esters is 2. The molecule has 0 atom stereocenters. The first-order valence-corrected chi connectivity index (χ1v) is 9.41. The average Bonchev–Trinajstić information content (AvgIpc) is 2.65. The highest BCUT2D eigenvalue weighted by Gasteiger charge is 2.07. The number of aryl methyl sites for hydroxylation is 1. The third-order valence-corrected chi connectivity index (χ3v) is 4.19. The Bertz CT molecular complexity index is 562. The quantitative estimate of drug-likeness (QED) is 0.298. The van der Waals surface area contributed by atoms with Gasteiger partial charge in [-0.1, -0.05) is 37.1 Å². The number of hydrogen-bond acceptors (Lipinski definition) is 5. The van der Waals surface area contributed by atoms with Crippen molar-refractivity contribution in [2.45, 2.75) is 64.7 Å². The summed E-state index contributed by atoms with van der Waals surface area (Å²) >= 11 is 0. The molecule has 0 aromatic heterocycles. The highest BCUT2D eigenvalue weighted by Crippen LogP contribution is 2.13. The first-order valence-electron chi connectivity index (χ1n) is 9.41. The van der Waals surface area contributed by atoms with Crippen LogP contribution in [-0.4, -0.2) is 31.4 Å². The molecule has 0 aliphatic carbocycles. The van der Waals surface area contributed by atoms with Gasteiger partial charge in [0.25, 0.3) is 0 Å². The summed E-state index contributed by atoms with van der Waals surface area (Å²) in [6.45, 7) is 2.23. The molecule has 144 valence electrons. The normalized spacial score (nSPS) is 10.4. The summed E-state index contributed by atoms with van der Waals surface area (Å²) in [6, 6.07) is 7.61. The van der Waals surface area contributed by atoms with Crippen molar-refractivity contribution in [2.75, 3.05) is 13.7 Å². The molecule has 5 heteroatoms. The fourth-order valence-electron chi connectivity index (χ4n) is 2.68. The molecule has 0 saturated carbocycles. The lowest BCUT2D eigenvalue weighted by molar-refractivity contribution is -0.143. The molecule has 0 bridgehead atoms. The summed E-state index contributed by atoms with van der Waals surface area (Å²) in [4.78, 5) is 34.5.